The molecule has 1 saturated heterocycles. The summed E-state index contributed by atoms with van der Waals surface area (Å²) in [6, 6.07) is 0. The monoisotopic (exact) mass is 195 g/mol. The van der Waals surface area contributed by atoms with Crippen LogP contribution in [0, 0.1) is 11.8 Å². The van der Waals surface area contributed by atoms with Crippen molar-refractivity contribution in [1.82, 2.24) is 4.90 Å². The molecule has 0 spiro atoms. The molecule has 1 nitrogen and oxygen atoms in total. The van der Waals surface area contributed by atoms with Crippen molar-refractivity contribution >= 4 is 0 Å². The second kappa shape index (κ2) is 5.16. The predicted molar refractivity (Wildman–Crippen MR) is 61.4 cm³/mol. The van der Waals surface area contributed by atoms with E-state index >= 15 is 0 Å². The van der Waals surface area contributed by atoms with Gasteiger partial charge >= 0.3 is 0 Å². The smallest absolute Gasteiger partial charge is 0.000926 e. The summed E-state index contributed by atoms with van der Waals surface area (Å²) in [4.78, 5) is 2.54. The van der Waals surface area contributed by atoms with Gasteiger partial charge in [0.1, 0.15) is 0 Å². The highest BCUT2D eigenvalue weighted by molar-refractivity contribution is 4.78. The molecule has 0 bridgehead atoms. The van der Waals surface area contributed by atoms with Crippen molar-refractivity contribution in [2.45, 2.75) is 51.4 Å². The zero-order chi connectivity index (χ0) is 9.80. The van der Waals surface area contributed by atoms with Crippen LogP contribution in [0.25, 0.3) is 0 Å². The Balaban J connectivity index is 1.85. The van der Waals surface area contributed by atoms with E-state index < -0.39 is 0 Å². The molecule has 0 N–H and O–H groups in total. The van der Waals surface area contributed by atoms with Crippen molar-refractivity contribution in [3.05, 3.63) is 0 Å². The molecule has 14 heavy (non-hydrogen) atoms. The van der Waals surface area contributed by atoms with Gasteiger partial charge in [-0.05, 0) is 38.3 Å². The first kappa shape index (κ1) is 10.5. The third kappa shape index (κ3) is 2.73. The first-order chi connectivity index (χ1) is 6.86. The lowest BCUT2D eigenvalue weighted by atomic mass is 9.81. The molecule has 1 atom stereocenters. The Labute approximate surface area is 88.9 Å². The second-order valence-corrected chi connectivity index (χ2v) is 5.42. The summed E-state index contributed by atoms with van der Waals surface area (Å²) in [6.07, 6.45) is 12.0. The Kier molecular flexibility index (Phi) is 3.86. The molecular formula is C13H25N. The van der Waals surface area contributed by atoms with Gasteiger partial charge in [-0.2, -0.15) is 0 Å². The van der Waals surface area contributed by atoms with Crippen molar-refractivity contribution in [3.63, 3.8) is 0 Å². The van der Waals surface area contributed by atoms with E-state index in [2.05, 4.69) is 11.9 Å². The fraction of sp³-hybridized carbons (Fsp3) is 1.00. The lowest BCUT2D eigenvalue weighted by Gasteiger charge is -2.34. The van der Waals surface area contributed by atoms with Crippen molar-refractivity contribution in [1.29, 1.82) is 0 Å². The molecule has 1 saturated carbocycles. The highest BCUT2D eigenvalue weighted by Gasteiger charge is 2.25. The fourth-order valence-corrected chi connectivity index (χ4v) is 3.37. The minimum atomic E-state index is 1.03. The van der Waals surface area contributed by atoms with E-state index in [9.17, 15) is 0 Å². The van der Waals surface area contributed by atoms with Gasteiger partial charge < -0.3 is 4.90 Å². The lowest BCUT2D eigenvalue weighted by Crippen LogP contribution is -2.35. The molecule has 1 heteroatoms. The highest BCUT2D eigenvalue weighted by Crippen LogP contribution is 2.33. The van der Waals surface area contributed by atoms with E-state index in [4.69, 9.17) is 0 Å². The molecule has 2 rings (SSSR count). The van der Waals surface area contributed by atoms with Gasteiger partial charge in [0.05, 0.1) is 0 Å². The summed E-state index contributed by atoms with van der Waals surface area (Å²) >= 11 is 0. The first-order valence-electron chi connectivity index (χ1n) is 6.55. The second-order valence-electron chi connectivity index (χ2n) is 5.42. The topological polar surface area (TPSA) is 3.24 Å². The van der Waals surface area contributed by atoms with Crippen molar-refractivity contribution in [2.24, 2.45) is 11.8 Å². The van der Waals surface area contributed by atoms with Gasteiger partial charge in [-0.15, -0.1) is 0 Å². The van der Waals surface area contributed by atoms with Crippen LogP contribution >= 0.6 is 0 Å². The van der Waals surface area contributed by atoms with Gasteiger partial charge in [-0.25, -0.2) is 0 Å². The normalized spacial score (nSPS) is 32.8. The van der Waals surface area contributed by atoms with E-state index in [-0.39, 0.29) is 0 Å². The van der Waals surface area contributed by atoms with Crippen molar-refractivity contribution in [3.8, 4) is 0 Å². The molecule has 2 fully saturated rings. The molecule has 82 valence electrons. The zero-order valence-electron chi connectivity index (χ0n) is 9.67. The molecule has 1 unspecified atom stereocenters. The number of rotatable bonds is 1. The predicted octanol–water partition coefficient (Wildman–Crippen LogP) is 3.30. The van der Waals surface area contributed by atoms with E-state index in [1.807, 2.05) is 0 Å². The van der Waals surface area contributed by atoms with Crippen LogP contribution in [0.1, 0.15) is 51.4 Å². The fourth-order valence-electron chi connectivity index (χ4n) is 3.37. The van der Waals surface area contributed by atoms with E-state index in [0.29, 0.717) is 0 Å². The van der Waals surface area contributed by atoms with Crippen LogP contribution in [-0.2, 0) is 0 Å². The largest absolute Gasteiger partial charge is 0.306 e. The zero-order valence-corrected chi connectivity index (χ0v) is 9.67. The Morgan fingerprint density at radius 1 is 0.786 bits per heavy atom. The molecule has 0 amide bonds. The van der Waals surface area contributed by atoms with Gasteiger partial charge in [0.2, 0.25) is 0 Å². The van der Waals surface area contributed by atoms with E-state index in [1.54, 1.807) is 0 Å². The maximum absolute atomic E-state index is 2.54. The molecule has 1 aliphatic carbocycles. The molecule has 0 aromatic heterocycles. The quantitative estimate of drug-likeness (QED) is 0.580. The van der Waals surface area contributed by atoms with Crippen LogP contribution < -0.4 is 0 Å². The summed E-state index contributed by atoms with van der Waals surface area (Å²) < 4.78 is 0. The van der Waals surface area contributed by atoms with Gasteiger partial charge in [0, 0.05) is 6.54 Å². The number of nitrogens with zero attached hydrogens (tertiary/aromatic N) is 1. The Morgan fingerprint density at radius 2 is 1.43 bits per heavy atom. The third-order valence-electron chi connectivity index (χ3n) is 4.23. The number of likely N-dealkylation sites (tertiary alicyclic amines) is 1. The van der Waals surface area contributed by atoms with Gasteiger partial charge in [-0.3, -0.25) is 0 Å². The van der Waals surface area contributed by atoms with Crippen LogP contribution in [0.5, 0.6) is 0 Å². The molecule has 0 radical (unpaired) electrons. The van der Waals surface area contributed by atoms with Crippen molar-refractivity contribution < 1.29 is 0 Å². The maximum atomic E-state index is 2.54. The summed E-state index contributed by atoms with van der Waals surface area (Å²) in [5.74, 6) is 2.10. The summed E-state index contributed by atoms with van der Waals surface area (Å²) in [7, 11) is 2.29. The SMILES string of the molecule is CN1CCCC(C2CCCCCC2)C1. The van der Waals surface area contributed by atoms with Crippen molar-refractivity contribution in [2.75, 3.05) is 20.1 Å². The van der Waals surface area contributed by atoms with Crippen LogP contribution in [0.3, 0.4) is 0 Å². The molecule has 0 aromatic carbocycles. The van der Waals surface area contributed by atoms with Crippen LogP contribution in [0.4, 0.5) is 0 Å². The van der Waals surface area contributed by atoms with Gasteiger partial charge in [0.15, 0.2) is 0 Å². The number of hydrogen-bond donors (Lipinski definition) is 0. The first-order valence-corrected chi connectivity index (χ1v) is 6.55. The van der Waals surface area contributed by atoms with Crippen LogP contribution in [0.15, 0.2) is 0 Å². The maximum Gasteiger partial charge on any atom is 0.000926 e. The average Bonchev–Trinajstić information content (AvgIpc) is 2.45. The Morgan fingerprint density at radius 3 is 2.07 bits per heavy atom. The van der Waals surface area contributed by atoms with Crippen LogP contribution in [-0.4, -0.2) is 25.0 Å². The number of piperidine rings is 1. The van der Waals surface area contributed by atoms with Crippen LogP contribution in [0.2, 0.25) is 0 Å². The third-order valence-corrected chi connectivity index (χ3v) is 4.23. The minimum Gasteiger partial charge on any atom is -0.306 e. The molecule has 1 heterocycles. The Bertz CT molecular complexity index is 159. The summed E-state index contributed by atoms with van der Waals surface area (Å²) in [5, 5.41) is 0. The lowest BCUT2D eigenvalue weighted by molar-refractivity contribution is 0.149. The Hall–Kier alpha value is -0.0400. The standard InChI is InChI=1S/C13H25N/c1-14-10-6-9-13(11-14)12-7-4-2-3-5-8-12/h12-13H,2-11H2,1H3. The average molecular weight is 195 g/mol. The molecular weight excluding hydrogens is 170 g/mol. The molecule has 1 aliphatic heterocycles. The molecule has 2 aliphatic rings. The van der Waals surface area contributed by atoms with Gasteiger partial charge in [-0.1, -0.05) is 38.5 Å². The minimum absolute atomic E-state index is 1.03. The summed E-state index contributed by atoms with van der Waals surface area (Å²) in [5.41, 5.74) is 0. The van der Waals surface area contributed by atoms with E-state index in [0.717, 1.165) is 11.8 Å². The highest BCUT2D eigenvalue weighted by atomic mass is 15.1. The summed E-state index contributed by atoms with van der Waals surface area (Å²) in [6.45, 7) is 2.72. The van der Waals surface area contributed by atoms with Gasteiger partial charge in [0.25, 0.3) is 0 Å². The van der Waals surface area contributed by atoms with E-state index in [1.165, 1.54) is 64.5 Å². The molecule has 0 aromatic rings. The number of hydrogen-bond acceptors (Lipinski definition) is 1.